The van der Waals surface area contributed by atoms with E-state index in [0.29, 0.717) is 29.1 Å². The van der Waals surface area contributed by atoms with E-state index >= 15 is 0 Å². The Morgan fingerprint density at radius 3 is 2.64 bits per heavy atom. The van der Waals surface area contributed by atoms with E-state index in [1.807, 2.05) is 11.8 Å². The number of primary amides is 1. The van der Waals surface area contributed by atoms with Crippen LogP contribution in [0.15, 0.2) is 23.4 Å². The van der Waals surface area contributed by atoms with E-state index in [4.69, 9.17) is 10.5 Å². The number of fused-ring (bicyclic) bond motifs is 1. The molecule has 3 aromatic rings. The first-order valence-corrected chi connectivity index (χ1v) is 13.5. The first-order chi connectivity index (χ1) is 16.8. The van der Waals surface area contributed by atoms with Gasteiger partial charge >= 0.3 is 0 Å². The number of aromatic nitrogens is 4. The molecule has 194 valence electrons. The summed E-state index contributed by atoms with van der Waals surface area (Å²) in [6.45, 7) is 5.85. The van der Waals surface area contributed by atoms with Crippen LogP contribution in [0.25, 0.3) is 16.3 Å². The minimum Gasteiger partial charge on any atom is -0.367 e. The Labute approximate surface area is 209 Å². The van der Waals surface area contributed by atoms with Gasteiger partial charge in [0.25, 0.3) is 6.43 Å². The third-order valence-electron chi connectivity index (χ3n) is 6.18. The Hall–Kier alpha value is -2.75. The molecule has 2 aliphatic rings. The number of nitrogens with two attached hydrogens (primary N) is 1. The molecule has 15 heteroatoms. The zero-order chi connectivity index (χ0) is 26.0. The number of ether oxygens (including phenoxy) is 1. The monoisotopic (exact) mass is 541 g/mol. The molecule has 3 aromatic heterocycles. The van der Waals surface area contributed by atoms with Gasteiger partial charge in [-0.1, -0.05) is 11.3 Å². The maximum absolute atomic E-state index is 13.3. The topological polar surface area (TPSA) is 145 Å². The largest absolute Gasteiger partial charge is 0.367 e. The van der Waals surface area contributed by atoms with Gasteiger partial charge in [0, 0.05) is 18.3 Å². The van der Waals surface area contributed by atoms with E-state index in [-0.39, 0.29) is 22.3 Å². The number of pyridine rings is 1. The van der Waals surface area contributed by atoms with E-state index in [1.54, 1.807) is 13.8 Å². The molecule has 36 heavy (non-hydrogen) atoms. The van der Waals surface area contributed by atoms with Crippen LogP contribution in [-0.4, -0.2) is 64.2 Å². The molecule has 0 aromatic carbocycles. The summed E-state index contributed by atoms with van der Waals surface area (Å²) < 4.78 is 63.0. The fourth-order valence-electron chi connectivity index (χ4n) is 4.21. The zero-order valence-corrected chi connectivity index (χ0v) is 21.4. The Morgan fingerprint density at radius 1 is 1.31 bits per heavy atom. The summed E-state index contributed by atoms with van der Waals surface area (Å²) >= 11 is 0.677. The fourth-order valence-corrected chi connectivity index (χ4v) is 6.39. The van der Waals surface area contributed by atoms with Gasteiger partial charge in [0.05, 0.1) is 29.5 Å². The predicted molar refractivity (Wildman–Crippen MR) is 127 cm³/mol. The molecule has 5 rings (SSSR count). The number of halogens is 2. The third kappa shape index (κ3) is 4.67. The Kier molecular flexibility index (Phi) is 5.81. The van der Waals surface area contributed by atoms with E-state index in [0.717, 1.165) is 12.8 Å². The minimum absolute atomic E-state index is 0.0455. The molecular weight excluding hydrogens is 516 g/mol. The second kappa shape index (κ2) is 8.39. The van der Waals surface area contributed by atoms with Crippen LogP contribution < -0.4 is 15.4 Å². The number of amides is 1. The van der Waals surface area contributed by atoms with E-state index in [1.165, 1.54) is 22.9 Å². The molecule has 1 saturated heterocycles. The molecule has 2 fully saturated rings. The van der Waals surface area contributed by atoms with Gasteiger partial charge in [-0.3, -0.25) is 9.20 Å². The molecule has 11 nitrogen and oxygen atoms in total. The maximum atomic E-state index is 13.3. The number of morpholine rings is 1. The number of nitrogens with zero attached hydrogens (tertiary/aromatic N) is 5. The number of rotatable bonds is 7. The summed E-state index contributed by atoms with van der Waals surface area (Å²) in [5.74, 6) is -0.470. The van der Waals surface area contributed by atoms with Crippen LogP contribution in [0.1, 0.15) is 45.0 Å². The molecular formula is C21H25F2N7O4S2. The van der Waals surface area contributed by atoms with Crippen LogP contribution in [0.5, 0.6) is 0 Å². The van der Waals surface area contributed by atoms with Crippen LogP contribution in [0, 0.1) is 0 Å². The van der Waals surface area contributed by atoms with Crippen molar-refractivity contribution in [2.24, 2.45) is 5.73 Å². The summed E-state index contributed by atoms with van der Waals surface area (Å²) in [7, 11) is -3.95. The molecule has 1 atom stereocenters. The van der Waals surface area contributed by atoms with Crippen molar-refractivity contribution < 1.29 is 26.7 Å². The Morgan fingerprint density at radius 2 is 2.03 bits per heavy atom. The van der Waals surface area contributed by atoms with Gasteiger partial charge in [-0.15, -0.1) is 10.2 Å². The molecule has 1 saturated carbocycles. The lowest BCUT2D eigenvalue weighted by Crippen LogP contribution is -2.56. The summed E-state index contributed by atoms with van der Waals surface area (Å²) in [6.07, 6.45) is 0.612. The van der Waals surface area contributed by atoms with Gasteiger partial charge < -0.3 is 15.4 Å². The van der Waals surface area contributed by atoms with Crippen LogP contribution >= 0.6 is 11.3 Å². The van der Waals surface area contributed by atoms with Gasteiger partial charge in [0.1, 0.15) is 4.90 Å². The number of carbonyl (C=O) groups is 1. The van der Waals surface area contributed by atoms with E-state index < -0.39 is 44.6 Å². The van der Waals surface area contributed by atoms with Gasteiger partial charge in [-0.25, -0.2) is 26.9 Å². The average Bonchev–Trinajstić information content (AvgIpc) is 3.16. The van der Waals surface area contributed by atoms with Crippen LogP contribution in [-0.2, 0) is 19.6 Å². The summed E-state index contributed by atoms with van der Waals surface area (Å²) in [5, 5.41) is 7.01. The molecule has 1 aliphatic heterocycles. The van der Waals surface area contributed by atoms with Crippen LogP contribution in [0.4, 0.5) is 14.5 Å². The van der Waals surface area contributed by atoms with Gasteiger partial charge in [-0.05, 0) is 39.7 Å². The van der Waals surface area contributed by atoms with Crippen molar-refractivity contribution in [2.75, 3.05) is 18.0 Å². The third-order valence-corrected chi connectivity index (χ3v) is 8.71. The summed E-state index contributed by atoms with van der Waals surface area (Å²) in [4.78, 5) is 18.1. The molecule has 0 radical (unpaired) electrons. The number of anilines is 1. The van der Waals surface area contributed by atoms with Crippen LogP contribution in [0.2, 0.25) is 0 Å². The molecule has 0 bridgehead atoms. The number of hydrogen-bond acceptors (Lipinski definition) is 9. The second-order valence-corrected chi connectivity index (χ2v) is 12.7. The molecule has 1 aliphatic carbocycles. The lowest BCUT2D eigenvalue weighted by molar-refractivity contribution is -0.143. The van der Waals surface area contributed by atoms with Crippen molar-refractivity contribution in [1.82, 2.24) is 24.3 Å². The molecule has 0 spiro atoms. The second-order valence-electron chi connectivity index (χ2n) is 9.96. The lowest BCUT2D eigenvalue weighted by Gasteiger charge is -2.43. The lowest BCUT2D eigenvalue weighted by atomic mass is 10.0. The number of alkyl halides is 2. The number of hydrogen-bond donors (Lipinski definition) is 2. The first kappa shape index (κ1) is 24.9. The predicted octanol–water partition coefficient (Wildman–Crippen LogP) is 2.09. The highest BCUT2D eigenvalue weighted by molar-refractivity contribution is 7.89. The Balaban J connectivity index is 1.68. The minimum atomic E-state index is -3.95. The summed E-state index contributed by atoms with van der Waals surface area (Å²) in [6, 6.07) is 1.51. The molecule has 3 N–H and O–H groups in total. The van der Waals surface area contributed by atoms with Gasteiger partial charge in [0.2, 0.25) is 15.9 Å². The van der Waals surface area contributed by atoms with Crippen molar-refractivity contribution in [3.8, 4) is 10.8 Å². The number of imidazole rings is 1. The standard InChI is InChI=1S/C21H25F2N7O4S2/c1-20(2)10-29(9-14(34-20)16(24)31)12-6-11(36(32,33)28-21(3)4-5-21)8-30-13(12)7-25-17(30)19-27-26-18(35-19)15(22)23/h6-8,14-15,28H,4-5,9-10H2,1-3H3,(H2,24,31)/t14-/m1/s1. The number of sulfonamides is 1. The highest BCUT2D eigenvalue weighted by Crippen LogP contribution is 2.38. The molecule has 1 amide bonds. The molecule has 4 heterocycles. The average molecular weight is 542 g/mol. The van der Waals surface area contributed by atoms with E-state index in [9.17, 15) is 22.0 Å². The fraction of sp³-hybridized carbons (Fsp3) is 0.524. The van der Waals surface area contributed by atoms with Gasteiger partial charge in [-0.2, -0.15) is 0 Å². The van der Waals surface area contributed by atoms with Crippen molar-refractivity contribution in [1.29, 1.82) is 0 Å². The maximum Gasteiger partial charge on any atom is 0.291 e. The number of nitrogens with one attached hydrogen (secondary N) is 1. The molecule has 0 unspecified atom stereocenters. The Bertz CT molecular complexity index is 1450. The van der Waals surface area contributed by atoms with E-state index in [2.05, 4.69) is 19.9 Å². The highest BCUT2D eigenvalue weighted by atomic mass is 32.2. The van der Waals surface area contributed by atoms with Crippen molar-refractivity contribution >= 4 is 38.5 Å². The van der Waals surface area contributed by atoms with Crippen LogP contribution in [0.3, 0.4) is 0 Å². The summed E-state index contributed by atoms with van der Waals surface area (Å²) in [5.41, 5.74) is 5.22. The van der Waals surface area contributed by atoms with Gasteiger partial charge in [0.15, 0.2) is 21.9 Å². The quantitative estimate of drug-likeness (QED) is 0.463. The van der Waals surface area contributed by atoms with Crippen molar-refractivity contribution in [3.63, 3.8) is 0 Å². The first-order valence-electron chi connectivity index (χ1n) is 11.2. The SMILES string of the molecule is CC1(NS(=O)(=O)c2cc(N3C[C@H](C(N)=O)OC(C)(C)C3)c3cnc(-c4nnc(C(F)F)s4)n3c2)CC1. The zero-order valence-electron chi connectivity index (χ0n) is 19.7. The van der Waals surface area contributed by atoms with Crippen molar-refractivity contribution in [3.05, 3.63) is 23.5 Å². The van der Waals surface area contributed by atoms with Crippen molar-refractivity contribution in [2.45, 2.75) is 62.2 Å². The smallest absolute Gasteiger partial charge is 0.291 e. The number of carbonyl (C=O) groups excluding carboxylic acids is 1. The normalized spacial score (nSPS) is 21.3. The highest BCUT2D eigenvalue weighted by Gasteiger charge is 2.42.